The third-order valence-corrected chi connectivity index (χ3v) is 8.91. The summed E-state index contributed by atoms with van der Waals surface area (Å²) in [7, 11) is 0. The third-order valence-electron chi connectivity index (χ3n) is 8.32. The van der Waals surface area contributed by atoms with Crippen molar-refractivity contribution >= 4 is 23.2 Å². The van der Waals surface area contributed by atoms with Crippen LogP contribution >= 0.6 is 23.2 Å². The zero-order chi connectivity index (χ0) is 23.0. The average Bonchev–Trinajstić information content (AvgIpc) is 2.77. The van der Waals surface area contributed by atoms with Crippen LogP contribution in [0.1, 0.15) is 63.5 Å². The molecular weight excluding hydrogens is 453 g/mol. The molecule has 0 aliphatic heterocycles. The van der Waals surface area contributed by atoms with Crippen LogP contribution in [0.4, 0.5) is 0 Å². The number of hydrogen-bond acceptors (Lipinski definition) is 3. The van der Waals surface area contributed by atoms with Gasteiger partial charge in [-0.15, -0.1) is 0 Å². The summed E-state index contributed by atoms with van der Waals surface area (Å²) < 4.78 is 12.0. The first-order chi connectivity index (χ1) is 15.9. The molecule has 0 aromatic heterocycles. The average molecular weight is 488 g/mol. The van der Waals surface area contributed by atoms with Crippen molar-refractivity contribution in [3.63, 3.8) is 0 Å². The van der Waals surface area contributed by atoms with Gasteiger partial charge in [0.2, 0.25) is 0 Å². The van der Waals surface area contributed by atoms with Crippen molar-refractivity contribution in [2.24, 2.45) is 23.2 Å². The lowest BCUT2D eigenvalue weighted by Crippen LogP contribution is -2.54. The number of halogens is 2. The lowest BCUT2D eigenvalue weighted by molar-refractivity contribution is -0.0706. The van der Waals surface area contributed by atoms with Crippen molar-refractivity contribution in [2.75, 3.05) is 6.61 Å². The second kappa shape index (κ2) is 9.68. The lowest BCUT2D eigenvalue weighted by atomic mass is 9.48. The maximum Gasteiger partial charge on any atom is 0.161 e. The molecule has 4 aliphatic carbocycles. The molecule has 5 heteroatoms. The number of hydrogen-bond donors (Lipinski definition) is 1. The molecule has 2 aromatic rings. The molecule has 0 amide bonds. The minimum Gasteiger partial charge on any atom is -0.490 e. The van der Waals surface area contributed by atoms with E-state index in [0.717, 1.165) is 41.4 Å². The maximum absolute atomic E-state index is 6.30. The molecule has 4 aliphatic rings. The van der Waals surface area contributed by atoms with E-state index in [-0.39, 0.29) is 0 Å². The molecule has 1 atom stereocenters. The fraction of sp³-hybridized carbons (Fsp3) is 0.571. The predicted octanol–water partition coefficient (Wildman–Crippen LogP) is 7.67. The largest absolute Gasteiger partial charge is 0.490 e. The minimum atomic E-state index is 0.372. The van der Waals surface area contributed by atoms with Crippen LogP contribution in [-0.4, -0.2) is 12.6 Å². The number of nitrogens with one attached hydrogen (secondary N) is 1. The fourth-order valence-electron chi connectivity index (χ4n) is 7.04. The molecule has 0 spiro atoms. The Morgan fingerprint density at radius 1 is 0.939 bits per heavy atom. The molecule has 1 N–H and O–H groups in total. The first-order valence-electron chi connectivity index (χ1n) is 12.5. The zero-order valence-electron chi connectivity index (χ0n) is 19.7. The highest BCUT2D eigenvalue weighted by molar-refractivity contribution is 6.35. The molecule has 4 saturated carbocycles. The van der Waals surface area contributed by atoms with Gasteiger partial charge in [0.05, 0.1) is 6.61 Å². The molecule has 3 nitrogen and oxygen atoms in total. The van der Waals surface area contributed by atoms with E-state index in [9.17, 15) is 0 Å². The Balaban J connectivity index is 1.23. The Bertz CT molecular complexity index is 957. The van der Waals surface area contributed by atoms with Crippen molar-refractivity contribution in [3.8, 4) is 11.5 Å². The van der Waals surface area contributed by atoms with Gasteiger partial charge in [0.15, 0.2) is 11.5 Å². The van der Waals surface area contributed by atoms with Gasteiger partial charge in [-0.2, -0.15) is 0 Å². The van der Waals surface area contributed by atoms with Crippen LogP contribution in [0.25, 0.3) is 0 Å². The van der Waals surface area contributed by atoms with Crippen LogP contribution in [0.3, 0.4) is 0 Å². The first-order valence-corrected chi connectivity index (χ1v) is 13.3. The van der Waals surface area contributed by atoms with Crippen LogP contribution in [-0.2, 0) is 13.2 Å². The summed E-state index contributed by atoms with van der Waals surface area (Å²) >= 11 is 12.3. The van der Waals surface area contributed by atoms with Crippen LogP contribution < -0.4 is 14.8 Å². The van der Waals surface area contributed by atoms with E-state index in [0.29, 0.717) is 34.7 Å². The lowest BCUT2D eigenvalue weighted by Gasteiger charge is -2.59. The summed E-state index contributed by atoms with van der Waals surface area (Å²) in [5, 5.41) is 5.12. The molecule has 0 saturated heterocycles. The molecule has 6 rings (SSSR count). The summed E-state index contributed by atoms with van der Waals surface area (Å²) in [5.41, 5.74) is 2.64. The van der Waals surface area contributed by atoms with Gasteiger partial charge in [0.25, 0.3) is 0 Å². The van der Waals surface area contributed by atoms with E-state index < -0.39 is 0 Å². The molecule has 2 aromatic carbocycles. The Hall–Kier alpha value is -1.42. The standard InChI is InChI=1S/C28H35Cl2NO2/c1-3-32-27-11-19(4-7-26(27)33-17-23-5-6-24(29)12-25(23)30)16-31-18(2)28-13-20-8-21(14-28)10-22(9-20)15-28/h4-7,11-12,18,20-22,31H,3,8-10,13-17H2,1-2H3. The van der Waals surface area contributed by atoms with E-state index >= 15 is 0 Å². The molecule has 1 unspecified atom stereocenters. The Morgan fingerprint density at radius 3 is 2.27 bits per heavy atom. The number of ether oxygens (including phenoxy) is 2. The van der Waals surface area contributed by atoms with Crippen molar-refractivity contribution in [1.82, 2.24) is 5.32 Å². The van der Waals surface area contributed by atoms with Crippen molar-refractivity contribution < 1.29 is 9.47 Å². The summed E-state index contributed by atoms with van der Waals surface area (Å²) in [4.78, 5) is 0. The molecule has 178 valence electrons. The van der Waals surface area contributed by atoms with Crippen molar-refractivity contribution in [1.29, 1.82) is 0 Å². The van der Waals surface area contributed by atoms with Crippen LogP contribution in [0.15, 0.2) is 36.4 Å². The highest BCUT2D eigenvalue weighted by atomic mass is 35.5. The van der Waals surface area contributed by atoms with Gasteiger partial charge in [-0.3, -0.25) is 0 Å². The molecule has 4 fully saturated rings. The number of rotatable bonds is 9. The third kappa shape index (κ3) is 5.01. The molecule has 0 heterocycles. The Kier molecular flexibility index (Phi) is 6.84. The second-order valence-electron chi connectivity index (χ2n) is 10.6. The van der Waals surface area contributed by atoms with E-state index in [4.69, 9.17) is 32.7 Å². The predicted molar refractivity (Wildman–Crippen MR) is 135 cm³/mol. The molecular formula is C28H35Cl2NO2. The van der Waals surface area contributed by atoms with Gasteiger partial charge < -0.3 is 14.8 Å². The van der Waals surface area contributed by atoms with E-state index in [1.807, 2.05) is 25.1 Å². The first kappa shape index (κ1) is 23.3. The van der Waals surface area contributed by atoms with Gasteiger partial charge in [-0.05, 0) is 105 Å². The van der Waals surface area contributed by atoms with Gasteiger partial charge in [-0.25, -0.2) is 0 Å². The van der Waals surface area contributed by atoms with Gasteiger partial charge in [-0.1, -0.05) is 35.3 Å². The molecule has 0 radical (unpaired) electrons. The highest BCUT2D eigenvalue weighted by Gasteiger charge is 2.52. The monoisotopic (exact) mass is 487 g/mol. The second-order valence-corrected chi connectivity index (χ2v) is 11.5. The fourth-order valence-corrected chi connectivity index (χ4v) is 7.50. The van der Waals surface area contributed by atoms with E-state index in [2.05, 4.69) is 24.4 Å². The van der Waals surface area contributed by atoms with Crippen molar-refractivity contribution in [3.05, 3.63) is 57.6 Å². The highest BCUT2D eigenvalue weighted by Crippen LogP contribution is 2.61. The minimum absolute atomic E-state index is 0.372. The van der Waals surface area contributed by atoms with Gasteiger partial charge >= 0.3 is 0 Å². The Labute approximate surface area is 208 Å². The topological polar surface area (TPSA) is 30.5 Å². The summed E-state index contributed by atoms with van der Waals surface area (Å²) in [6.07, 6.45) is 8.76. The molecule has 4 bridgehead atoms. The van der Waals surface area contributed by atoms with Gasteiger partial charge in [0.1, 0.15) is 6.61 Å². The Morgan fingerprint density at radius 2 is 1.64 bits per heavy atom. The van der Waals surface area contributed by atoms with Crippen LogP contribution in [0, 0.1) is 23.2 Å². The number of benzene rings is 2. The van der Waals surface area contributed by atoms with Gasteiger partial charge in [0, 0.05) is 28.2 Å². The van der Waals surface area contributed by atoms with E-state index in [1.165, 1.54) is 44.1 Å². The van der Waals surface area contributed by atoms with Crippen molar-refractivity contribution in [2.45, 2.75) is 71.6 Å². The smallest absolute Gasteiger partial charge is 0.161 e. The molecule has 33 heavy (non-hydrogen) atoms. The van der Waals surface area contributed by atoms with E-state index in [1.54, 1.807) is 6.07 Å². The quantitative estimate of drug-likeness (QED) is 0.393. The summed E-state index contributed by atoms with van der Waals surface area (Å²) in [6, 6.07) is 12.3. The summed E-state index contributed by atoms with van der Waals surface area (Å²) in [6.45, 7) is 6.24. The van der Waals surface area contributed by atoms with Crippen LogP contribution in [0.2, 0.25) is 10.0 Å². The normalized spacial score (nSPS) is 28.7. The zero-order valence-corrected chi connectivity index (χ0v) is 21.2. The maximum atomic E-state index is 6.30. The van der Waals surface area contributed by atoms with Crippen LogP contribution in [0.5, 0.6) is 11.5 Å². The summed E-state index contributed by atoms with van der Waals surface area (Å²) in [5.74, 6) is 4.46. The SMILES string of the molecule is CCOc1cc(CNC(C)C23CC4CC(CC(C4)C2)C3)ccc1OCc1ccc(Cl)cc1Cl.